The molecule has 0 saturated heterocycles. The Balaban J connectivity index is 2.07. The third-order valence-electron chi connectivity index (χ3n) is 4.47. The summed E-state index contributed by atoms with van der Waals surface area (Å²) in [5.74, 6) is 1.79. The number of nitrogens with one attached hydrogen (secondary N) is 1. The van der Waals surface area contributed by atoms with E-state index in [0.29, 0.717) is 46.2 Å². The third-order valence-corrected chi connectivity index (χ3v) is 4.47. The van der Waals surface area contributed by atoms with Gasteiger partial charge in [0.15, 0.2) is 23.0 Å². The first kappa shape index (κ1) is 19.6. The molecule has 1 aliphatic rings. The molecule has 1 heterocycles. The smallest absolute Gasteiger partial charge is 0.231 e. The number of rotatable bonds is 6. The molecule has 7 heteroatoms. The van der Waals surface area contributed by atoms with Crippen LogP contribution in [0.3, 0.4) is 0 Å². The third kappa shape index (κ3) is 3.36. The van der Waals surface area contributed by atoms with Crippen molar-refractivity contribution in [2.75, 3.05) is 35.4 Å². The van der Waals surface area contributed by atoms with Crippen LogP contribution in [-0.4, -0.2) is 46.3 Å². The highest BCUT2D eigenvalue weighted by molar-refractivity contribution is 6.15. The normalized spacial score (nSPS) is 14.2. The molecule has 148 valence electrons. The summed E-state index contributed by atoms with van der Waals surface area (Å²) in [4.78, 5) is 13.9. The molecule has 0 saturated carbocycles. The molecule has 28 heavy (non-hydrogen) atoms. The average Bonchev–Trinajstić information content (AvgIpc) is 2.99. The van der Waals surface area contributed by atoms with E-state index < -0.39 is 0 Å². The molecule has 0 aromatic heterocycles. The number of allylic oxidation sites excluding steroid dienone is 1. The number of phenolic OH excluding ortho intramolecular Hbond substituents is 1. The first-order chi connectivity index (χ1) is 13.4. The van der Waals surface area contributed by atoms with Crippen LogP contribution in [0.5, 0.6) is 28.7 Å². The summed E-state index contributed by atoms with van der Waals surface area (Å²) in [5.41, 5.74) is 1.65. The predicted octanol–water partition coefficient (Wildman–Crippen LogP) is 1.68. The lowest BCUT2D eigenvalue weighted by molar-refractivity contribution is -0.872. The van der Waals surface area contributed by atoms with Crippen LogP contribution in [0.2, 0.25) is 0 Å². The molecule has 0 unspecified atom stereocenters. The Kier molecular flexibility index (Phi) is 5.46. The van der Waals surface area contributed by atoms with Crippen molar-refractivity contribution >= 4 is 11.9 Å². The highest BCUT2D eigenvalue weighted by Gasteiger charge is 2.32. The summed E-state index contributed by atoms with van der Waals surface area (Å²) >= 11 is 0. The minimum Gasteiger partial charge on any atom is -0.507 e. The van der Waals surface area contributed by atoms with Gasteiger partial charge in [-0.3, -0.25) is 4.79 Å². The van der Waals surface area contributed by atoms with E-state index in [0.717, 1.165) is 4.90 Å². The van der Waals surface area contributed by atoms with Gasteiger partial charge in [0.1, 0.15) is 12.3 Å². The number of hydrogen-bond donors (Lipinski definition) is 2. The van der Waals surface area contributed by atoms with E-state index in [-0.39, 0.29) is 17.3 Å². The zero-order valence-electron chi connectivity index (χ0n) is 16.6. The number of Topliss-reactive ketones (excluding diaryl/α,β-unsaturated/α-hetero) is 1. The largest absolute Gasteiger partial charge is 0.507 e. The molecule has 0 amide bonds. The van der Waals surface area contributed by atoms with Crippen LogP contribution < -0.4 is 23.8 Å². The summed E-state index contributed by atoms with van der Waals surface area (Å²) in [6.07, 6.45) is 1.60. The lowest BCUT2D eigenvalue weighted by atomic mass is 10.0. The topological polar surface area (TPSA) is 78.7 Å². The second-order valence-corrected chi connectivity index (χ2v) is 6.69. The molecule has 0 radical (unpaired) electrons. The van der Waals surface area contributed by atoms with E-state index in [1.165, 1.54) is 27.4 Å². The van der Waals surface area contributed by atoms with Crippen molar-refractivity contribution in [3.63, 3.8) is 0 Å². The van der Waals surface area contributed by atoms with E-state index in [1.54, 1.807) is 24.3 Å². The Morgan fingerprint density at radius 3 is 2.36 bits per heavy atom. The average molecular weight is 386 g/mol. The number of hydrogen-bond acceptors (Lipinski definition) is 6. The van der Waals surface area contributed by atoms with Gasteiger partial charge in [0.05, 0.1) is 46.6 Å². The van der Waals surface area contributed by atoms with Gasteiger partial charge in [-0.05, 0) is 30.3 Å². The molecule has 2 aromatic rings. The minimum absolute atomic E-state index is 0.109. The standard InChI is InChI=1S/C21H23NO6/c1-22(2)11-14-15(23)8-7-13-18(24)17(28-20(13)14)10-12-6-9-16(25-3)21(27-5)19(12)26-4/h6-10,23H,11H2,1-5H3/p+1. The van der Waals surface area contributed by atoms with Gasteiger partial charge in [0.2, 0.25) is 11.5 Å². The monoisotopic (exact) mass is 386 g/mol. The summed E-state index contributed by atoms with van der Waals surface area (Å²) in [7, 11) is 8.49. The molecule has 0 atom stereocenters. The maximum absolute atomic E-state index is 12.8. The Morgan fingerprint density at radius 2 is 1.75 bits per heavy atom. The number of quaternary nitrogens is 1. The highest BCUT2D eigenvalue weighted by Crippen LogP contribution is 2.43. The van der Waals surface area contributed by atoms with Gasteiger partial charge in [0, 0.05) is 5.56 Å². The molecule has 0 spiro atoms. The van der Waals surface area contributed by atoms with Gasteiger partial charge >= 0.3 is 0 Å². The number of methoxy groups -OCH3 is 3. The SMILES string of the molecule is COc1ccc(C=C2Oc3c(ccc(O)c3C[NH+](C)C)C2=O)c(OC)c1OC. The molecular formula is C21H24NO6+. The number of carbonyl (C=O) groups is 1. The fraction of sp³-hybridized carbons (Fsp3) is 0.286. The van der Waals surface area contributed by atoms with Gasteiger partial charge < -0.3 is 29.0 Å². The zero-order chi connectivity index (χ0) is 20.4. The van der Waals surface area contributed by atoms with Gasteiger partial charge in [0.25, 0.3) is 0 Å². The zero-order valence-corrected chi connectivity index (χ0v) is 16.6. The second-order valence-electron chi connectivity index (χ2n) is 6.69. The van der Waals surface area contributed by atoms with Crippen LogP contribution in [0, 0.1) is 0 Å². The van der Waals surface area contributed by atoms with Gasteiger partial charge in [-0.1, -0.05) is 0 Å². The Labute approximate surface area is 163 Å². The summed E-state index contributed by atoms with van der Waals surface area (Å²) in [5, 5.41) is 10.2. The number of carbonyl (C=O) groups excluding carboxylic acids is 1. The number of ether oxygens (including phenoxy) is 4. The fourth-order valence-electron chi connectivity index (χ4n) is 3.20. The van der Waals surface area contributed by atoms with Crippen molar-refractivity contribution in [2.45, 2.75) is 6.54 Å². The Morgan fingerprint density at radius 1 is 1.04 bits per heavy atom. The van der Waals surface area contributed by atoms with Crippen molar-refractivity contribution in [1.82, 2.24) is 0 Å². The summed E-state index contributed by atoms with van der Waals surface area (Å²) < 4.78 is 22.0. The Hall–Kier alpha value is -3.19. The fourth-order valence-corrected chi connectivity index (χ4v) is 3.20. The van der Waals surface area contributed by atoms with E-state index in [1.807, 2.05) is 14.1 Å². The van der Waals surface area contributed by atoms with Crippen LogP contribution in [0.4, 0.5) is 0 Å². The molecule has 2 N–H and O–H groups in total. The van der Waals surface area contributed by atoms with Gasteiger partial charge in [-0.15, -0.1) is 0 Å². The molecule has 2 aromatic carbocycles. The van der Waals surface area contributed by atoms with Crippen molar-refractivity contribution < 1.29 is 33.7 Å². The van der Waals surface area contributed by atoms with Crippen LogP contribution in [0.15, 0.2) is 30.0 Å². The lowest BCUT2D eigenvalue weighted by Gasteiger charge is -2.14. The van der Waals surface area contributed by atoms with E-state index in [2.05, 4.69) is 0 Å². The van der Waals surface area contributed by atoms with Gasteiger partial charge in [-0.25, -0.2) is 0 Å². The molecule has 3 rings (SSSR count). The maximum atomic E-state index is 12.8. The quantitative estimate of drug-likeness (QED) is 0.736. The number of ketones is 1. The number of benzene rings is 2. The summed E-state index contributed by atoms with van der Waals surface area (Å²) in [6.45, 7) is 0.523. The maximum Gasteiger partial charge on any atom is 0.231 e. The molecule has 0 fully saturated rings. The van der Waals surface area contributed by atoms with Crippen molar-refractivity contribution in [3.05, 3.63) is 46.7 Å². The molecule has 0 bridgehead atoms. The molecule has 1 aliphatic heterocycles. The van der Waals surface area contributed by atoms with Crippen molar-refractivity contribution in [1.29, 1.82) is 0 Å². The second kappa shape index (κ2) is 7.82. The number of aromatic hydroxyl groups is 1. The highest BCUT2D eigenvalue weighted by atomic mass is 16.5. The van der Waals surface area contributed by atoms with Crippen LogP contribution >= 0.6 is 0 Å². The van der Waals surface area contributed by atoms with Crippen molar-refractivity contribution in [2.24, 2.45) is 0 Å². The first-order valence-corrected chi connectivity index (χ1v) is 8.78. The lowest BCUT2D eigenvalue weighted by Crippen LogP contribution is -3.04. The van der Waals surface area contributed by atoms with Crippen LogP contribution in [0.25, 0.3) is 6.08 Å². The van der Waals surface area contributed by atoms with Crippen LogP contribution in [-0.2, 0) is 6.54 Å². The van der Waals surface area contributed by atoms with Gasteiger partial charge in [-0.2, -0.15) is 0 Å². The van der Waals surface area contributed by atoms with E-state index in [9.17, 15) is 9.90 Å². The van der Waals surface area contributed by atoms with E-state index >= 15 is 0 Å². The first-order valence-electron chi connectivity index (χ1n) is 8.78. The Bertz CT molecular complexity index is 948. The number of fused-ring (bicyclic) bond motifs is 1. The van der Waals surface area contributed by atoms with Crippen molar-refractivity contribution in [3.8, 4) is 28.7 Å². The van der Waals surface area contributed by atoms with Crippen LogP contribution in [0.1, 0.15) is 21.5 Å². The molecular weight excluding hydrogens is 362 g/mol. The number of phenols is 1. The minimum atomic E-state index is -0.248. The predicted molar refractivity (Wildman–Crippen MR) is 104 cm³/mol. The molecule has 7 nitrogen and oxygen atoms in total. The van der Waals surface area contributed by atoms with E-state index in [4.69, 9.17) is 18.9 Å². The molecule has 0 aliphatic carbocycles. The summed E-state index contributed by atoms with van der Waals surface area (Å²) in [6, 6.07) is 6.59.